The van der Waals surface area contributed by atoms with E-state index >= 15 is 0 Å². The first-order valence-corrected chi connectivity index (χ1v) is 8.14. The summed E-state index contributed by atoms with van der Waals surface area (Å²) >= 11 is 0. The normalized spacial score (nSPS) is 10.5. The van der Waals surface area contributed by atoms with Crippen molar-refractivity contribution in [2.24, 2.45) is 0 Å². The molecule has 0 aliphatic heterocycles. The van der Waals surface area contributed by atoms with Gasteiger partial charge in [-0.1, -0.05) is 37.3 Å². The molecule has 1 aromatic heterocycles. The summed E-state index contributed by atoms with van der Waals surface area (Å²) in [4.78, 5) is 29.1. The molecule has 0 aliphatic rings. The summed E-state index contributed by atoms with van der Waals surface area (Å²) in [6.45, 7) is 3.88. The molecule has 0 spiro atoms. The minimum atomic E-state index is -0.375. The molecule has 1 heterocycles. The van der Waals surface area contributed by atoms with Crippen LogP contribution in [0.4, 0.5) is 0 Å². The Hall–Kier alpha value is -3.21. The Morgan fingerprint density at radius 1 is 0.960 bits per heavy atom. The second kappa shape index (κ2) is 7.13. The van der Waals surface area contributed by atoms with Gasteiger partial charge in [-0.3, -0.25) is 25.4 Å². The Balaban J connectivity index is 1.75. The van der Waals surface area contributed by atoms with Crippen LogP contribution in [0.15, 0.2) is 54.6 Å². The number of amides is 2. The first-order valence-electron chi connectivity index (χ1n) is 8.14. The van der Waals surface area contributed by atoms with E-state index in [1.165, 1.54) is 0 Å². The van der Waals surface area contributed by atoms with Gasteiger partial charge in [0.2, 0.25) is 0 Å². The average molecular weight is 333 g/mol. The number of benzene rings is 2. The summed E-state index contributed by atoms with van der Waals surface area (Å²) in [7, 11) is 0. The molecule has 126 valence electrons. The lowest BCUT2D eigenvalue weighted by Crippen LogP contribution is -2.41. The lowest BCUT2D eigenvalue weighted by atomic mass is 10.1. The van der Waals surface area contributed by atoms with E-state index < -0.39 is 0 Å². The van der Waals surface area contributed by atoms with Crippen LogP contribution in [-0.4, -0.2) is 16.8 Å². The van der Waals surface area contributed by atoms with Crippen LogP contribution in [0.1, 0.15) is 38.9 Å². The van der Waals surface area contributed by atoms with E-state index in [2.05, 4.69) is 22.8 Å². The highest BCUT2D eigenvalue weighted by molar-refractivity contribution is 6.07. The fourth-order valence-corrected chi connectivity index (χ4v) is 2.64. The van der Waals surface area contributed by atoms with Crippen molar-refractivity contribution >= 4 is 22.7 Å². The second-order valence-electron chi connectivity index (χ2n) is 5.79. The summed E-state index contributed by atoms with van der Waals surface area (Å²) in [5, 5.41) is 0.743. The largest absolute Gasteiger partial charge is 0.270 e. The minimum absolute atomic E-state index is 0.355. The van der Waals surface area contributed by atoms with Gasteiger partial charge in [0, 0.05) is 16.6 Å². The van der Waals surface area contributed by atoms with E-state index in [0.29, 0.717) is 11.1 Å². The molecular formula is C20H19N3O2. The number of hydrogen-bond acceptors (Lipinski definition) is 3. The third-order valence-electron chi connectivity index (χ3n) is 4.00. The van der Waals surface area contributed by atoms with E-state index in [1.54, 1.807) is 18.2 Å². The van der Waals surface area contributed by atoms with Gasteiger partial charge in [0.25, 0.3) is 11.8 Å². The fraction of sp³-hybridized carbons (Fsp3) is 0.150. The number of carbonyl (C=O) groups excluding carboxylic acids is 2. The van der Waals surface area contributed by atoms with Crippen molar-refractivity contribution in [2.45, 2.75) is 20.3 Å². The molecule has 3 rings (SSSR count). The maximum atomic E-state index is 12.5. The van der Waals surface area contributed by atoms with Crippen LogP contribution in [0.5, 0.6) is 0 Å². The summed E-state index contributed by atoms with van der Waals surface area (Å²) < 4.78 is 0. The molecule has 2 aromatic carbocycles. The monoisotopic (exact) mass is 333 g/mol. The van der Waals surface area contributed by atoms with E-state index in [0.717, 1.165) is 28.6 Å². The Bertz CT molecular complexity index is 933. The molecule has 0 fully saturated rings. The molecule has 5 nitrogen and oxygen atoms in total. The van der Waals surface area contributed by atoms with Crippen molar-refractivity contribution in [1.29, 1.82) is 0 Å². The van der Waals surface area contributed by atoms with E-state index in [1.807, 2.05) is 43.3 Å². The van der Waals surface area contributed by atoms with Gasteiger partial charge in [0.05, 0.1) is 11.1 Å². The molecular weight excluding hydrogens is 314 g/mol. The smallest absolute Gasteiger partial charge is 0.267 e. The highest BCUT2D eigenvalue weighted by atomic mass is 16.2. The quantitative estimate of drug-likeness (QED) is 0.723. The summed E-state index contributed by atoms with van der Waals surface area (Å²) in [5.41, 5.74) is 8.55. The third-order valence-corrected chi connectivity index (χ3v) is 4.00. The van der Waals surface area contributed by atoms with Crippen molar-refractivity contribution in [3.8, 4) is 0 Å². The Morgan fingerprint density at radius 3 is 2.36 bits per heavy atom. The van der Waals surface area contributed by atoms with Crippen LogP contribution in [-0.2, 0) is 6.42 Å². The standard InChI is InChI=1S/C20H19N3O2/c1-3-14-8-10-15(11-9-14)19(24)22-23-20(25)17-12-13(2)21-18-7-5-4-6-16(17)18/h4-12H,3H2,1-2H3,(H,22,24)(H,23,25). The van der Waals surface area contributed by atoms with Crippen LogP contribution in [0.2, 0.25) is 0 Å². The molecule has 0 saturated carbocycles. The van der Waals surface area contributed by atoms with Crippen LogP contribution < -0.4 is 10.9 Å². The van der Waals surface area contributed by atoms with Crippen molar-refractivity contribution < 1.29 is 9.59 Å². The van der Waals surface area contributed by atoms with Gasteiger partial charge in [-0.05, 0) is 43.2 Å². The van der Waals surface area contributed by atoms with Gasteiger partial charge in [0.1, 0.15) is 0 Å². The van der Waals surface area contributed by atoms with E-state index in [-0.39, 0.29) is 11.8 Å². The molecule has 0 bridgehead atoms. The molecule has 0 atom stereocenters. The van der Waals surface area contributed by atoms with Crippen LogP contribution >= 0.6 is 0 Å². The predicted molar refractivity (Wildman–Crippen MR) is 97.2 cm³/mol. The number of fused-ring (bicyclic) bond motifs is 1. The third kappa shape index (κ3) is 3.66. The van der Waals surface area contributed by atoms with Gasteiger partial charge in [-0.25, -0.2) is 0 Å². The number of rotatable bonds is 3. The van der Waals surface area contributed by atoms with E-state index in [4.69, 9.17) is 0 Å². The summed E-state index contributed by atoms with van der Waals surface area (Å²) in [6.07, 6.45) is 0.910. The topological polar surface area (TPSA) is 71.1 Å². The SMILES string of the molecule is CCc1ccc(C(=O)NNC(=O)c2cc(C)nc3ccccc23)cc1. The second-order valence-corrected chi connectivity index (χ2v) is 5.79. The molecule has 2 amide bonds. The zero-order valence-electron chi connectivity index (χ0n) is 14.2. The van der Waals surface area contributed by atoms with Gasteiger partial charge in [-0.15, -0.1) is 0 Å². The number of nitrogens with zero attached hydrogens (tertiary/aromatic N) is 1. The van der Waals surface area contributed by atoms with Crippen LogP contribution in [0.3, 0.4) is 0 Å². The number of para-hydroxylation sites is 1. The first-order chi connectivity index (χ1) is 12.1. The lowest BCUT2D eigenvalue weighted by molar-refractivity contribution is 0.0847. The predicted octanol–water partition coefficient (Wildman–Crippen LogP) is 3.18. The zero-order chi connectivity index (χ0) is 17.8. The Morgan fingerprint density at radius 2 is 1.64 bits per heavy atom. The lowest BCUT2D eigenvalue weighted by Gasteiger charge is -2.10. The molecule has 0 radical (unpaired) electrons. The fourth-order valence-electron chi connectivity index (χ4n) is 2.64. The average Bonchev–Trinajstić information content (AvgIpc) is 2.65. The number of carbonyl (C=O) groups is 2. The maximum absolute atomic E-state index is 12.5. The van der Waals surface area contributed by atoms with Gasteiger partial charge < -0.3 is 0 Å². The Kier molecular flexibility index (Phi) is 4.75. The van der Waals surface area contributed by atoms with Crippen molar-refractivity contribution in [3.63, 3.8) is 0 Å². The van der Waals surface area contributed by atoms with Gasteiger partial charge >= 0.3 is 0 Å². The molecule has 5 heteroatoms. The summed E-state index contributed by atoms with van der Waals surface area (Å²) in [6, 6.07) is 16.4. The van der Waals surface area contributed by atoms with E-state index in [9.17, 15) is 9.59 Å². The minimum Gasteiger partial charge on any atom is -0.267 e. The first kappa shape index (κ1) is 16.6. The molecule has 25 heavy (non-hydrogen) atoms. The molecule has 0 unspecified atom stereocenters. The number of aromatic nitrogens is 1. The molecule has 0 aliphatic carbocycles. The van der Waals surface area contributed by atoms with Crippen LogP contribution in [0, 0.1) is 6.92 Å². The molecule has 0 saturated heterocycles. The molecule has 2 N–H and O–H groups in total. The van der Waals surface area contributed by atoms with Crippen molar-refractivity contribution in [3.05, 3.63) is 77.0 Å². The zero-order valence-corrected chi connectivity index (χ0v) is 14.2. The number of pyridine rings is 1. The van der Waals surface area contributed by atoms with Crippen molar-refractivity contribution in [2.75, 3.05) is 0 Å². The Labute approximate surface area is 146 Å². The van der Waals surface area contributed by atoms with Crippen molar-refractivity contribution in [1.82, 2.24) is 15.8 Å². The summed E-state index contributed by atoms with van der Waals surface area (Å²) in [5.74, 6) is -0.730. The number of hydrazine groups is 1. The van der Waals surface area contributed by atoms with Gasteiger partial charge in [0.15, 0.2) is 0 Å². The molecule has 3 aromatic rings. The number of aryl methyl sites for hydroxylation is 2. The number of nitrogens with one attached hydrogen (secondary N) is 2. The highest BCUT2D eigenvalue weighted by Crippen LogP contribution is 2.17. The van der Waals surface area contributed by atoms with Crippen LogP contribution in [0.25, 0.3) is 10.9 Å². The van der Waals surface area contributed by atoms with Gasteiger partial charge in [-0.2, -0.15) is 0 Å². The maximum Gasteiger partial charge on any atom is 0.270 e. The highest BCUT2D eigenvalue weighted by Gasteiger charge is 2.13. The number of hydrogen-bond donors (Lipinski definition) is 2.